The van der Waals surface area contributed by atoms with Crippen LogP contribution in [-0.2, 0) is 10.0 Å². The second kappa shape index (κ2) is 7.09. The Kier molecular flexibility index (Phi) is 6.02. The Bertz CT molecular complexity index is 529. The van der Waals surface area contributed by atoms with Gasteiger partial charge in [-0.3, -0.25) is 0 Å². The maximum Gasteiger partial charge on any atom is 0.209 e. The highest BCUT2D eigenvalue weighted by Crippen LogP contribution is 2.25. The van der Waals surface area contributed by atoms with Gasteiger partial charge in [0.15, 0.2) is 0 Å². The second-order valence-electron chi connectivity index (χ2n) is 5.63. The van der Waals surface area contributed by atoms with Gasteiger partial charge < -0.3 is 4.74 Å². The van der Waals surface area contributed by atoms with E-state index in [1.807, 2.05) is 20.8 Å². The quantitative estimate of drug-likeness (QED) is 0.841. The van der Waals surface area contributed by atoms with Gasteiger partial charge in [0.05, 0.1) is 12.4 Å². The van der Waals surface area contributed by atoms with Crippen molar-refractivity contribution in [3.05, 3.63) is 28.8 Å². The van der Waals surface area contributed by atoms with Crippen molar-refractivity contribution in [2.45, 2.75) is 40.5 Å². The van der Waals surface area contributed by atoms with Crippen LogP contribution < -0.4 is 9.88 Å². The number of benzene rings is 1. The largest absolute Gasteiger partial charge is 0.493 e. The fourth-order valence-electron chi connectivity index (χ4n) is 2.27. The lowest BCUT2D eigenvalue weighted by Crippen LogP contribution is -2.19. The van der Waals surface area contributed by atoms with Crippen LogP contribution in [0, 0.1) is 26.7 Å². The highest BCUT2D eigenvalue weighted by molar-refractivity contribution is 7.89. The van der Waals surface area contributed by atoms with E-state index in [-0.39, 0.29) is 11.7 Å². The van der Waals surface area contributed by atoms with E-state index in [9.17, 15) is 8.42 Å². The Balaban J connectivity index is 2.45. The number of nitrogens with two attached hydrogens (primary N) is 1. The van der Waals surface area contributed by atoms with Gasteiger partial charge in [-0.05, 0) is 50.7 Å². The van der Waals surface area contributed by atoms with Crippen LogP contribution in [0.3, 0.4) is 0 Å². The molecule has 5 heteroatoms. The average molecular weight is 299 g/mol. The summed E-state index contributed by atoms with van der Waals surface area (Å²) in [4.78, 5) is 0. The van der Waals surface area contributed by atoms with Crippen molar-refractivity contribution in [2.24, 2.45) is 11.1 Å². The first-order chi connectivity index (χ1) is 9.19. The Morgan fingerprint density at radius 2 is 1.70 bits per heavy atom. The highest BCUT2D eigenvalue weighted by Gasteiger charge is 2.10. The van der Waals surface area contributed by atoms with Crippen LogP contribution in [0.1, 0.15) is 36.5 Å². The molecule has 2 N–H and O–H groups in total. The van der Waals surface area contributed by atoms with Gasteiger partial charge >= 0.3 is 0 Å². The van der Waals surface area contributed by atoms with Crippen LogP contribution >= 0.6 is 0 Å². The number of ether oxygens (including phenoxy) is 1. The number of sulfonamides is 1. The minimum Gasteiger partial charge on any atom is -0.493 e. The normalized spacial score (nSPS) is 13.2. The van der Waals surface area contributed by atoms with Crippen molar-refractivity contribution in [3.8, 4) is 5.75 Å². The van der Waals surface area contributed by atoms with Gasteiger partial charge in [-0.1, -0.05) is 24.6 Å². The molecule has 0 aliphatic rings. The molecule has 4 nitrogen and oxygen atoms in total. The lowest BCUT2D eigenvalue weighted by molar-refractivity contribution is 0.278. The van der Waals surface area contributed by atoms with Crippen LogP contribution in [-0.4, -0.2) is 20.8 Å². The smallest absolute Gasteiger partial charge is 0.209 e. The molecule has 0 amide bonds. The average Bonchev–Trinajstić information content (AvgIpc) is 2.29. The topological polar surface area (TPSA) is 69.4 Å². The monoisotopic (exact) mass is 299 g/mol. The van der Waals surface area contributed by atoms with E-state index >= 15 is 0 Å². The summed E-state index contributed by atoms with van der Waals surface area (Å²) in [7, 11) is -3.36. The Labute approximate surface area is 122 Å². The van der Waals surface area contributed by atoms with Gasteiger partial charge in [-0.25, -0.2) is 13.6 Å². The lowest BCUT2D eigenvalue weighted by atomic mass is 10.1. The summed E-state index contributed by atoms with van der Waals surface area (Å²) in [6.45, 7) is 8.76. The first-order valence-electron chi connectivity index (χ1n) is 6.90. The zero-order valence-corrected chi connectivity index (χ0v) is 13.6. The van der Waals surface area contributed by atoms with Gasteiger partial charge in [0, 0.05) is 0 Å². The molecule has 0 radical (unpaired) electrons. The standard InChI is InChI=1S/C15H25NO3S/c1-11(6-8-20(16,17)18)5-7-19-15-13(3)9-12(2)10-14(15)4/h9-11H,5-8H2,1-4H3,(H2,16,17,18). The zero-order chi connectivity index (χ0) is 15.3. The third kappa shape index (κ3) is 5.92. The summed E-state index contributed by atoms with van der Waals surface area (Å²) in [6, 6.07) is 4.21. The van der Waals surface area contributed by atoms with Crippen molar-refractivity contribution in [1.82, 2.24) is 0 Å². The molecule has 0 saturated heterocycles. The molecule has 1 aromatic carbocycles. The molecule has 0 heterocycles. The Hall–Kier alpha value is -1.07. The zero-order valence-electron chi connectivity index (χ0n) is 12.8. The molecule has 114 valence electrons. The van der Waals surface area contributed by atoms with Crippen molar-refractivity contribution in [2.75, 3.05) is 12.4 Å². The summed E-state index contributed by atoms with van der Waals surface area (Å²) >= 11 is 0. The minimum absolute atomic E-state index is 0.0384. The van der Waals surface area contributed by atoms with Crippen LogP contribution in [0.15, 0.2) is 12.1 Å². The second-order valence-corrected chi connectivity index (χ2v) is 7.36. The summed E-state index contributed by atoms with van der Waals surface area (Å²) in [5, 5.41) is 5.00. The molecule has 20 heavy (non-hydrogen) atoms. The molecule has 0 fully saturated rings. The fourth-order valence-corrected chi connectivity index (χ4v) is 3.00. The number of hydrogen-bond donors (Lipinski definition) is 1. The van der Waals surface area contributed by atoms with E-state index in [4.69, 9.17) is 9.88 Å². The van der Waals surface area contributed by atoms with Crippen LogP contribution in [0.25, 0.3) is 0 Å². The third-order valence-corrected chi connectivity index (χ3v) is 4.16. The molecule has 0 aliphatic heterocycles. The van der Waals surface area contributed by atoms with E-state index in [0.717, 1.165) is 23.3 Å². The van der Waals surface area contributed by atoms with Gasteiger partial charge in [0.2, 0.25) is 10.0 Å². The number of aryl methyl sites for hydroxylation is 3. The molecule has 0 aliphatic carbocycles. The molecule has 1 rings (SSSR count). The lowest BCUT2D eigenvalue weighted by Gasteiger charge is -2.15. The molecule has 0 aromatic heterocycles. The number of rotatable bonds is 7. The molecular formula is C15H25NO3S. The van der Waals surface area contributed by atoms with Crippen molar-refractivity contribution >= 4 is 10.0 Å². The molecule has 0 spiro atoms. The Morgan fingerprint density at radius 3 is 2.20 bits per heavy atom. The third-order valence-electron chi connectivity index (χ3n) is 3.36. The maximum atomic E-state index is 10.9. The van der Waals surface area contributed by atoms with Crippen LogP contribution in [0.4, 0.5) is 0 Å². The van der Waals surface area contributed by atoms with E-state index in [0.29, 0.717) is 13.0 Å². The first-order valence-corrected chi connectivity index (χ1v) is 8.61. The van der Waals surface area contributed by atoms with Gasteiger partial charge in [0.1, 0.15) is 5.75 Å². The number of primary sulfonamides is 1. The predicted molar refractivity (Wildman–Crippen MR) is 82.5 cm³/mol. The molecule has 0 bridgehead atoms. The van der Waals surface area contributed by atoms with E-state index < -0.39 is 10.0 Å². The van der Waals surface area contributed by atoms with Crippen molar-refractivity contribution < 1.29 is 13.2 Å². The van der Waals surface area contributed by atoms with Crippen molar-refractivity contribution in [1.29, 1.82) is 0 Å². The molecule has 1 unspecified atom stereocenters. The SMILES string of the molecule is Cc1cc(C)c(OCCC(C)CCS(N)(=O)=O)c(C)c1. The van der Waals surface area contributed by atoms with Crippen molar-refractivity contribution in [3.63, 3.8) is 0 Å². The van der Waals surface area contributed by atoms with Gasteiger partial charge in [-0.15, -0.1) is 0 Å². The fraction of sp³-hybridized carbons (Fsp3) is 0.600. The predicted octanol–water partition coefficient (Wildman–Crippen LogP) is 2.70. The molecule has 1 aromatic rings. The summed E-state index contributed by atoms with van der Waals surface area (Å²) in [6.07, 6.45) is 1.40. The van der Waals surface area contributed by atoms with Gasteiger partial charge in [0.25, 0.3) is 0 Å². The molecule has 0 saturated carbocycles. The molecule has 1 atom stereocenters. The number of hydrogen-bond acceptors (Lipinski definition) is 3. The summed E-state index contributed by atoms with van der Waals surface area (Å²) in [5.74, 6) is 1.25. The van der Waals surface area contributed by atoms with E-state index in [1.54, 1.807) is 0 Å². The maximum absolute atomic E-state index is 10.9. The minimum atomic E-state index is -3.36. The van der Waals surface area contributed by atoms with Gasteiger partial charge in [-0.2, -0.15) is 0 Å². The summed E-state index contributed by atoms with van der Waals surface area (Å²) < 4.78 is 27.6. The van der Waals surface area contributed by atoms with E-state index in [2.05, 4.69) is 19.1 Å². The summed E-state index contributed by atoms with van der Waals surface area (Å²) in [5.41, 5.74) is 3.51. The first kappa shape index (κ1) is 17.0. The molecular weight excluding hydrogens is 274 g/mol. The van der Waals surface area contributed by atoms with Crippen LogP contribution in [0.5, 0.6) is 5.75 Å². The Morgan fingerprint density at radius 1 is 1.15 bits per heavy atom. The van der Waals surface area contributed by atoms with E-state index in [1.165, 1.54) is 5.56 Å². The highest BCUT2D eigenvalue weighted by atomic mass is 32.2. The van der Waals surface area contributed by atoms with Crippen LogP contribution in [0.2, 0.25) is 0 Å².